The summed E-state index contributed by atoms with van der Waals surface area (Å²) in [5.74, 6) is 1.16. The van der Waals surface area contributed by atoms with Gasteiger partial charge in [0.1, 0.15) is 6.07 Å². The lowest BCUT2D eigenvalue weighted by Gasteiger charge is -2.12. The van der Waals surface area contributed by atoms with Crippen molar-refractivity contribution in [2.45, 2.75) is 0 Å². The van der Waals surface area contributed by atoms with E-state index < -0.39 is 0 Å². The molecule has 1 aromatic carbocycles. The molecule has 0 spiro atoms. The van der Waals surface area contributed by atoms with Gasteiger partial charge in [0, 0.05) is 24.5 Å². The molecule has 0 fully saturated rings. The Morgan fingerprint density at radius 2 is 1.65 bits per heavy atom. The largest absolute Gasteiger partial charge is 0.493 e. The molecule has 1 heterocycles. The Labute approximate surface area is 99.6 Å². The lowest BCUT2D eigenvalue weighted by Crippen LogP contribution is -1.98. The first kappa shape index (κ1) is 11.1. The average molecular weight is 228 g/mol. The number of hydrogen-bond donors (Lipinski definition) is 0. The molecule has 4 heteroatoms. The molecule has 0 unspecified atom stereocenters. The predicted molar refractivity (Wildman–Crippen MR) is 63.6 cm³/mol. The third-order valence-electron chi connectivity index (χ3n) is 2.50. The number of ether oxygens (including phenoxy) is 2. The van der Waals surface area contributed by atoms with Gasteiger partial charge < -0.3 is 14.0 Å². The van der Waals surface area contributed by atoms with Crippen molar-refractivity contribution in [3.8, 4) is 23.3 Å². The van der Waals surface area contributed by atoms with Crippen molar-refractivity contribution in [1.29, 1.82) is 5.26 Å². The third-order valence-corrected chi connectivity index (χ3v) is 2.50. The van der Waals surface area contributed by atoms with Crippen LogP contribution in [0.1, 0.15) is 5.56 Å². The molecule has 0 saturated heterocycles. The Morgan fingerprint density at radius 1 is 1.06 bits per heavy atom. The van der Waals surface area contributed by atoms with Crippen LogP contribution < -0.4 is 9.47 Å². The predicted octanol–water partition coefficient (Wildman–Crippen LogP) is 2.37. The monoisotopic (exact) mass is 228 g/mol. The van der Waals surface area contributed by atoms with Gasteiger partial charge >= 0.3 is 0 Å². The highest BCUT2D eigenvalue weighted by molar-refractivity contribution is 5.58. The van der Waals surface area contributed by atoms with E-state index >= 15 is 0 Å². The molecular formula is C13H12N2O2. The third kappa shape index (κ3) is 1.95. The van der Waals surface area contributed by atoms with Gasteiger partial charge in [0.05, 0.1) is 25.5 Å². The SMILES string of the molecule is COc1cc(C#N)c(-n2cccc2)cc1OC. The van der Waals surface area contributed by atoms with Crippen molar-refractivity contribution in [1.82, 2.24) is 4.57 Å². The fourth-order valence-corrected chi connectivity index (χ4v) is 1.67. The van der Waals surface area contributed by atoms with Crippen molar-refractivity contribution in [2.75, 3.05) is 14.2 Å². The molecule has 0 N–H and O–H groups in total. The summed E-state index contributed by atoms with van der Waals surface area (Å²) in [4.78, 5) is 0. The van der Waals surface area contributed by atoms with Crippen LogP contribution in [0.5, 0.6) is 11.5 Å². The molecule has 0 amide bonds. The van der Waals surface area contributed by atoms with Crippen LogP contribution in [0.4, 0.5) is 0 Å². The molecule has 0 bridgehead atoms. The minimum absolute atomic E-state index is 0.541. The van der Waals surface area contributed by atoms with Crippen molar-refractivity contribution < 1.29 is 9.47 Å². The number of nitrogens with zero attached hydrogens (tertiary/aromatic N) is 2. The Balaban J connectivity index is 2.63. The normalized spacial score (nSPS) is 9.71. The maximum Gasteiger partial charge on any atom is 0.162 e. The van der Waals surface area contributed by atoms with Gasteiger partial charge in [0.15, 0.2) is 11.5 Å². The molecule has 17 heavy (non-hydrogen) atoms. The van der Waals surface area contributed by atoms with E-state index in [-0.39, 0.29) is 0 Å². The minimum atomic E-state index is 0.541. The Bertz CT molecular complexity index is 554. The van der Waals surface area contributed by atoms with Gasteiger partial charge in [-0.1, -0.05) is 0 Å². The molecule has 0 aliphatic carbocycles. The van der Waals surface area contributed by atoms with Crippen LogP contribution in [0.3, 0.4) is 0 Å². The molecule has 0 aliphatic heterocycles. The van der Waals surface area contributed by atoms with E-state index in [9.17, 15) is 0 Å². The number of hydrogen-bond acceptors (Lipinski definition) is 3. The zero-order chi connectivity index (χ0) is 12.3. The maximum absolute atomic E-state index is 9.14. The van der Waals surface area contributed by atoms with Crippen LogP contribution in [-0.2, 0) is 0 Å². The first-order chi connectivity index (χ1) is 8.30. The molecule has 4 nitrogen and oxygen atoms in total. The Kier molecular flexibility index (Phi) is 3.01. The van der Waals surface area contributed by atoms with Gasteiger partial charge in [0.2, 0.25) is 0 Å². The second-order valence-electron chi connectivity index (χ2n) is 3.43. The summed E-state index contributed by atoms with van der Waals surface area (Å²) in [6.07, 6.45) is 3.75. The van der Waals surface area contributed by atoms with Crippen molar-refractivity contribution >= 4 is 0 Å². The topological polar surface area (TPSA) is 47.2 Å². The average Bonchev–Trinajstić information content (AvgIpc) is 2.90. The summed E-state index contributed by atoms with van der Waals surface area (Å²) in [6.45, 7) is 0. The number of nitriles is 1. The highest BCUT2D eigenvalue weighted by Crippen LogP contribution is 2.32. The van der Waals surface area contributed by atoms with Crippen molar-refractivity contribution in [3.05, 3.63) is 42.2 Å². The van der Waals surface area contributed by atoms with Crippen LogP contribution in [-0.4, -0.2) is 18.8 Å². The molecule has 2 rings (SSSR count). The van der Waals surface area contributed by atoms with E-state index in [4.69, 9.17) is 14.7 Å². The van der Waals surface area contributed by atoms with Gasteiger partial charge in [-0.25, -0.2) is 0 Å². The molecule has 0 aliphatic rings. The van der Waals surface area contributed by atoms with Crippen LogP contribution in [0, 0.1) is 11.3 Å². The fourth-order valence-electron chi connectivity index (χ4n) is 1.67. The van der Waals surface area contributed by atoms with Crippen LogP contribution in [0.2, 0.25) is 0 Å². The highest BCUT2D eigenvalue weighted by atomic mass is 16.5. The summed E-state index contributed by atoms with van der Waals surface area (Å²) < 4.78 is 12.3. The number of benzene rings is 1. The van der Waals surface area contributed by atoms with Crippen LogP contribution in [0.15, 0.2) is 36.7 Å². The molecule has 0 radical (unpaired) electrons. The molecule has 0 atom stereocenters. The van der Waals surface area contributed by atoms with Gasteiger partial charge in [-0.05, 0) is 12.1 Å². The summed E-state index contributed by atoms with van der Waals surface area (Å²) in [6, 6.07) is 9.42. The van der Waals surface area contributed by atoms with E-state index in [1.807, 2.05) is 29.1 Å². The maximum atomic E-state index is 9.14. The first-order valence-corrected chi connectivity index (χ1v) is 5.09. The zero-order valence-electron chi connectivity index (χ0n) is 9.68. The standard InChI is InChI=1S/C13H12N2O2/c1-16-12-7-10(9-14)11(8-13(12)17-2)15-5-3-4-6-15/h3-8H,1-2H3. The van der Waals surface area contributed by atoms with Gasteiger partial charge in [-0.3, -0.25) is 0 Å². The van der Waals surface area contributed by atoms with E-state index in [1.165, 1.54) is 0 Å². The smallest absolute Gasteiger partial charge is 0.162 e. The number of methoxy groups -OCH3 is 2. The lowest BCUT2D eigenvalue weighted by molar-refractivity contribution is 0.354. The van der Waals surface area contributed by atoms with E-state index in [0.29, 0.717) is 17.1 Å². The quantitative estimate of drug-likeness (QED) is 0.810. The second-order valence-corrected chi connectivity index (χ2v) is 3.43. The molecule has 2 aromatic rings. The summed E-state index contributed by atoms with van der Waals surface area (Å²) in [5.41, 5.74) is 1.31. The van der Waals surface area contributed by atoms with Gasteiger partial charge in [-0.2, -0.15) is 5.26 Å². The Morgan fingerprint density at radius 3 is 2.18 bits per heavy atom. The van der Waals surface area contributed by atoms with Crippen LogP contribution in [0.25, 0.3) is 5.69 Å². The number of rotatable bonds is 3. The van der Waals surface area contributed by atoms with Crippen LogP contribution >= 0.6 is 0 Å². The fraction of sp³-hybridized carbons (Fsp3) is 0.154. The first-order valence-electron chi connectivity index (χ1n) is 5.09. The zero-order valence-corrected chi connectivity index (χ0v) is 9.68. The van der Waals surface area contributed by atoms with Gasteiger partial charge in [0.25, 0.3) is 0 Å². The summed E-state index contributed by atoms with van der Waals surface area (Å²) in [7, 11) is 3.12. The molecular weight excluding hydrogens is 216 g/mol. The van der Waals surface area contributed by atoms with E-state index in [0.717, 1.165) is 5.69 Å². The summed E-state index contributed by atoms with van der Waals surface area (Å²) in [5, 5.41) is 9.14. The molecule has 0 saturated carbocycles. The summed E-state index contributed by atoms with van der Waals surface area (Å²) >= 11 is 0. The highest BCUT2D eigenvalue weighted by Gasteiger charge is 2.11. The van der Waals surface area contributed by atoms with Crippen molar-refractivity contribution in [3.63, 3.8) is 0 Å². The molecule has 86 valence electrons. The molecule has 1 aromatic heterocycles. The second kappa shape index (κ2) is 4.62. The van der Waals surface area contributed by atoms with Crippen molar-refractivity contribution in [2.24, 2.45) is 0 Å². The Hall–Kier alpha value is -2.41. The van der Waals surface area contributed by atoms with Gasteiger partial charge in [-0.15, -0.1) is 0 Å². The lowest BCUT2D eigenvalue weighted by atomic mass is 10.1. The van der Waals surface area contributed by atoms with E-state index in [1.54, 1.807) is 26.4 Å². The number of aromatic nitrogens is 1. The van der Waals surface area contributed by atoms with E-state index in [2.05, 4.69) is 6.07 Å². The minimum Gasteiger partial charge on any atom is -0.493 e.